The topological polar surface area (TPSA) is 35.5 Å². The molecule has 2 rings (SSSR count). The summed E-state index contributed by atoms with van der Waals surface area (Å²) in [4.78, 5) is 2.23. The van der Waals surface area contributed by atoms with Crippen LogP contribution in [0.15, 0.2) is 22.7 Å². The van der Waals surface area contributed by atoms with Crippen LogP contribution in [-0.2, 0) is 0 Å². The van der Waals surface area contributed by atoms with Crippen molar-refractivity contribution in [2.45, 2.75) is 12.5 Å². The Kier molecular flexibility index (Phi) is 4.97. The summed E-state index contributed by atoms with van der Waals surface area (Å²) < 4.78 is 13.7. The predicted molar refractivity (Wildman–Crippen MR) is 73.6 cm³/mol. The number of rotatable bonds is 4. The van der Waals surface area contributed by atoms with E-state index >= 15 is 0 Å². The van der Waals surface area contributed by atoms with E-state index < -0.39 is 0 Å². The van der Waals surface area contributed by atoms with Gasteiger partial charge in [0.1, 0.15) is 5.75 Å². The number of nitrogens with zero attached hydrogens (tertiary/aromatic N) is 1. The second kappa shape index (κ2) is 6.50. The summed E-state index contributed by atoms with van der Waals surface area (Å²) in [7, 11) is 0. The van der Waals surface area contributed by atoms with Crippen LogP contribution < -0.4 is 5.32 Å². The Labute approximate surface area is 115 Å². The van der Waals surface area contributed by atoms with Crippen molar-refractivity contribution in [1.82, 2.24) is 10.2 Å². The molecule has 1 saturated heterocycles. The highest BCUT2D eigenvalue weighted by molar-refractivity contribution is 9.10. The first-order chi connectivity index (χ1) is 8.72. The molecule has 0 spiro atoms. The van der Waals surface area contributed by atoms with Crippen molar-refractivity contribution >= 4 is 15.9 Å². The molecule has 5 heteroatoms. The number of hydrogen-bond acceptors (Lipinski definition) is 3. The van der Waals surface area contributed by atoms with Gasteiger partial charge < -0.3 is 10.4 Å². The van der Waals surface area contributed by atoms with Crippen LogP contribution in [0.25, 0.3) is 0 Å². The van der Waals surface area contributed by atoms with Crippen LogP contribution in [0.3, 0.4) is 0 Å². The molecule has 0 aromatic heterocycles. The molecule has 18 heavy (non-hydrogen) atoms. The number of halogens is 2. The fourth-order valence-electron chi connectivity index (χ4n) is 2.42. The number of aromatic hydroxyl groups is 1. The number of nitrogens with one attached hydrogen (secondary N) is 1. The second-order valence-electron chi connectivity index (χ2n) is 4.48. The summed E-state index contributed by atoms with van der Waals surface area (Å²) in [5.74, 6) is 0.246. The first-order valence-electron chi connectivity index (χ1n) is 6.21. The third kappa shape index (κ3) is 3.22. The van der Waals surface area contributed by atoms with E-state index in [1.807, 2.05) is 6.07 Å². The van der Waals surface area contributed by atoms with Gasteiger partial charge in [0.2, 0.25) is 0 Å². The first-order valence-corrected chi connectivity index (χ1v) is 7.01. The summed E-state index contributed by atoms with van der Waals surface area (Å²) in [6, 6.07) is 5.29. The fourth-order valence-corrected chi connectivity index (χ4v) is 2.80. The Morgan fingerprint density at radius 1 is 1.39 bits per heavy atom. The van der Waals surface area contributed by atoms with Gasteiger partial charge >= 0.3 is 0 Å². The molecule has 1 aromatic rings. The summed E-state index contributed by atoms with van der Waals surface area (Å²) in [6.45, 7) is 3.23. The zero-order chi connectivity index (χ0) is 13.0. The van der Waals surface area contributed by atoms with Gasteiger partial charge in [0, 0.05) is 42.3 Å². The molecule has 0 amide bonds. The van der Waals surface area contributed by atoms with Crippen molar-refractivity contribution in [3.8, 4) is 5.75 Å². The predicted octanol–water partition coefficient (Wildman–Crippen LogP) is 2.46. The van der Waals surface area contributed by atoms with Crippen LogP contribution in [0.5, 0.6) is 5.75 Å². The zero-order valence-electron chi connectivity index (χ0n) is 10.2. The smallest absolute Gasteiger partial charge is 0.120 e. The van der Waals surface area contributed by atoms with Gasteiger partial charge in [-0.3, -0.25) is 9.29 Å². The molecule has 1 aliphatic rings. The van der Waals surface area contributed by atoms with E-state index in [1.165, 1.54) is 0 Å². The van der Waals surface area contributed by atoms with E-state index in [-0.39, 0.29) is 18.5 Å². The average Bonchev–Trinajstić information content (AvgIpc) is 2.40. The van der Waals surface area contributed by atoms with E-state index in [0.717, 1.165) is 36.2 Å². The van der Waals surface area contributed by atoms with Gasteiger partial charge in [-0.1, -0.05) is 15.9 Å². The van der Waals surface area contributed by atoms with Crippen molar-refractivity contribution in [2.75, 3.05) is 32.9 Å². The molecule has 0 saturated carbocycles. The number of piperazine rings is 1. The molecule has 1 aromatic carbocycles. The van der Waals surface area contributed by atoms with Crippen molar-refractivity contribution in [3.63, 3.8) is 0 Å². The van der Waals surface area contributed by atoms with Crippen molar-refractivity contribution in [1.29, 1.82) is 0 Å². The number of alkyl halides is 1. The summed E-state index contributed by atoms with van der Waals surface area (Å²) in [5, 5.41) is 13.3. The lowest BCUT2D eigenvalue weighted by Crippen LogP contribution is -2.45. The summed E-state index contributed by atoms with van der Waals surface area (Å²) in [5.41, 5.74) is 0.809. The van der Waals surface area contributed by atoms with Crippen LogP contribution in [0, 0.1) is 0 Å². The maximum Gasteiger partial charge on any atom is 0.120 e. The lowest BCUT2D eigenvalue weighted by Gasteiger charge is -2.35. The number of benzene rings is 1. The standard InChI is InChI=1S/C13H18BrFN2O/c14-10-1-2-13(18)11(9-10)12(3-4-15)17-7-5-16-6-8-17/h1-2,9,12,16,18H,3-8H2/t12-/m1/s1. The minimum atomic E-state index is -0.374. The SMILES string of the molecule is Oc1ccc(Br)cc1[C@@H](CCF)N1CCNCC1. The minimum Gasteiger partial charge on any atom is -0.508 e. The largest absolute Gasteiger partial charge is 0.508 e. The maximum atomic E-state index is 12.8. The molecular weight excluding hydrogens is 299 g/mol. The monoisotopic (exact) mass is 316 g/mol. The lowest BCUT2D eigenvalue weighted by atomic mass is 10.0. The molecule has 3 nitrogen and oxygen atoms in total. The summed E-state index contributed by atoms with van der Waals surface area (Å²) >= 11 is 3.40. The Hall–Kier alpha value is -0.650. The van der Waals surface area contributed by atoms with Gasteiger partial charge in [-0.05, 0) is 24.6 Å². The van der Waals surface area contributed by atoms with Gasteiger partial charge in [0.15, 0.2) is 0 Å². The molecule has 0 radical (unpaired) electrons. The molecule has 1 heterocycles. The number of phenols is 1. The number of hydrogen-bond donors (Lipinski definition) is 2. The van der Waals surface area contributed by atoms with Crippen molar-refractivity contribution in [2.24, 2.45) is 0 Å². The van der Waals surface area contributed by atoms with E-state index in [9.17, 15) is 9.50 Å². The highest BCUT2D eigenvalue weighted by Crippen LogP contribution is 2.33. The van der Waals surface area contributed by atoms with E-state index in [1.54, 1.807) is 12.1 Å². The molecule has 0 unspecified atom stereocenters. The van der Waals surface area contributed by atoms with Gasteiger partial charge in [-0.2, -0.15) is 0 Å². The molecule has 100 valence electrons. The molecule has 1 fully saturated rings. The summed E-state index contributed by atoms with van der Waals surface area (Å²) in [6.07, 6.45) is 0.421. The van der Waals surface area contributed by atoms with Crippen molar-refractivity contribution < 1.29 is 9.50 Å². The highest BCUT2D eigenvalue weighted by atomic mass is 79.9. The van der Waals surface area contributed by atoms with Gasteiger partial charge in [0.05, 0.1) is 6.67 Å². The maximum absolute atomic E-state index is 12.8. The Bertz CT molecular complexity index is 397. The van der Waals surface area contributed by atoms with Crippen molar-refractivity contribution in [3.05, 3.63) is 28.2 Å². The minimum absolute atomic E-state index is 0.0467. The Balaban J connectivity index is 2.24. The fraction of sp³-hybridized carbons (Fsp3) is 0.538. The van der Waals surface area contributed by atoms with E-state index in [0.29, 0.717) is 6.42 Å². The Morgan fingerprint density at radius 3 is 2.78 bits per heavy atom. The van der Waals surface area contributed by atoms with Crippen LogP contribution in [0.2, 0.25) is 0 Å². The van der Waals surface area contributed by atoms with Crippen LogP contribution in [0.4, 0.5) is 4.39 Å². The zero-order valence-corrected chi connectivity index (χ0v) is 11.8. The van der Waals surface area contributed by atoms with Gasteiger partial charge in [-0.25, -0.2) is 0 Å². The van der Waals surface area contributed by atoms with Gasteiger partial charge in [0.25, 0.3) is 0 Å². The van der Waals surface area contributed by atoms with Gasteiger partial charge in [-0.15, -0.1) is 0 Å². The first kappa shape index (κ1) is 13.8. The Morgan fingerprint density at radius 2 is 2.11 bits per heavy atom. The quantitative estimate of drug-likeness (QED) is 0.895. The van der Waals surface area contributed by atoms with Crippen LogP contribution >= 0.6 is 15.9 Å². The van der Waals surface area contributed by atoms with E-state index in [4.69, 9.17) is 0 Å². The molecular formula is C13H18BrFN2O. The average molecular weight is 317 g/mol. The normalized spacial score (nSPS) is 18.8. The second-order valence-corrected chi connectivity index (χ2v) is 5.40. The lowest BCUT2D eigenvalue weighted by molar-refractivity contribution is 0.155. The molecule has 1 atom stereocenters. The van der Waals surface area contributed by atoms with Crippen LogP contribution in [-0.4, -0.2) is 42.9 Å². The molecule has 2 N–H and O–H groups in total. The third-order valence-corrected chi connectivity index (χ3v) is 3.82. The highest BCUT2D eigenvalue weighted by Gasteiger charge is 2.24. The van der Waals surface area contributed by atoms with E-state index in [2.05, 4.69) is 26.1 Å². The number of phenolic OH excluding ortho intramolecular Hbond substituents is 1. The molecule has 0 aliphatic carbocycles. The molecule has 1 aliphatic heterocycles. The molecule has 0 bridgehead atoms. The van der Waals surface area contributed by atoms with Crippen LogP contribution in [0.1, 0.15) is 18.0 Å². The third-order valence-electron chi connectivity index (χ3n) is 3.32.